The molecule has 2 fully saturated rings. The molecule has 0 heterocycles. The van der Waals surface area contributed by atoms with Crippen molar-refractivity contribution in [3.63, 3.8) is 0 Å². The van der Waals surface area contributed by atoms with Gasteiger partial charge in [0.1, 0.15) is 0 Å². The molecule has 2 saturated carbocycles. The fraction of sp³-hybridized carbons (Fsp3) is 0.684. The minimum Gasteiger partial charge on any atom is -0.324 e. The molecule has 0 spiro atoms. The number of aryl methyl sites for hydroxylation is 2. The van der Waals surface area contributed by atoms with Crippen molar-refractivity contribution >= 4 is 0 Å². The van der Waals surface area contributed by atoms with Gasteiger partial charge in [0.25, 0.3) is 0 Å². The van der Waals surface area contributed by atoms with Gasteiger partial charge >= 0.3 is 0 Å². The zero-order valence-corrected chi connectivity index (χ0v) is 13.1. The van der Waals surface area contributed by atoms with Gasteiger partial charge < -0.3 is 5.73 Å². The first-order chi connectivity index (χ1) is 9.65. The summed E-state index contributed by atoms with van der Waals surface area (Å²) in [5.74, 6) is 2.70. The Morgan fingerprint density at radius 1 is 0.950 bits per heavy atom. The Bertz CT molecular complexity index is 465. The van der Waals surface area contributed by atoms with Crippen molar-refractivity contribution in [1.82, 2.24) is 0 Å². The monoisotopic (exact) mass is 271 g/mol. The van der Waals surface area contributed by atoms with Gasteiger partial charge in [0.05, 0.1) is 0 Å². The van der Waals surface area contributed by atoms with Crippen LogP contribution >= 0.6 is 0 Å². The van der Waals surface area contributed by atoms with Crippen LogP contribution in [-0.4, -0.2) is 0 Å². The van der Waals surface area contributed by atoms with Gasteiger partial charge in [-0.2, -0.15) is 0 Å². The van der Waals surface area contributed by atoms with E-state index in [1.165, 1.54) is 61.6 Å². The molecule has 2 aliphatic carbocycles. The molecule has 1 nitrogen and oxygen atoms in total. The van der Waals surface area contributed by atoms with Crippen LogP contribution in [0.15, 0.2) is 18.2 Å². The van der Waals surface area contributed by atoms with Crippen LogP contribution in [0.5, 0.6) is 0 Å². The van der Waals surface area contributed by atoms with E-state index in [0.29, 0.717) is 5.92 Å². The van der Waals surface area contributed by atoms with E-state index >= 15 is 0 Å². The molecule has 2 N–H and O–H groups in total. The Hall–Kier alpha value is -0.820. The number of rotatable bonds is 2. The maximum atomic E-state index is 6.61. The minimum atomic E-state index is 0.247. The van der Waals surface area contributed by atoms with E-state index in [1.54, 1.807) is 0 Å². The third-order valence-electron chi connectivity index (χ3n) is 6.00. The molecular formula is C19H29N. The number of hydrogen-bond acceptors (Lipinski definition) is 1. The lowest BCUT2D eigenvalue weighted by molar-refractivity contribution is 0.117. The lowest BCUT2D eigenvalue weighted by Crippen LogP contribution is -2.33. The summed E-state index contributed by atoms with van der Waals surface area (Å²) in [6.07, 6.45) is 10.0. The summed E-state index contributed by atoms with van der Waals surface area (Å²) < 4.78 is 0. The Kier molecular flexibility index (Phi) is 4.16. The van der Waals surface area contributed by atoms with Crippen molar-refractivity contribution in [2.75, 3.05) is 0 Å². The highest BCUT2D eigenvalue weighted by Crippen LogP contribution is 2.45. The van der Waals surface area contributed by atoms with Crippen molar-refractivity contribution < 1.29 is 0 Å². The third kappa shape index (κ3) is 2.79. The normalized spacial score (nSPS) is 31.6. The Morgan fingerprint density at radius 2 is 1.70 bits per heavy atom. The highest BCUT2D eigenvalue weighted by molar-refractivity contribution is 5.32. The Labute approximate surface area is 124 Å². The molecule has 4 unspecified atom stereocenters. The van der Waals surface area contributed by atoms with E-state index < -0.39 is 0 Å². The van der Waals surface area contributed by atoms with Crippen LogP contribution in [0.3, 0.4) is 0 Å². The van der Waals surface area contributed by atoms with E-state index in [0.717, 1.165) is 11.8 Å². The minimum absolute atomic E-state index is 0.247. The van der Waals surface area contributed by atoms with Gasteiger partial charge in [0, 0.05) is 6.04 Å². The van der Waals surface area contributed by atoms with E-state index in [9.17, 15) is 0 Å². The summed E-state index contributed by atoms with van der Waals surface area (Å²) in [7, 11) is 0. The van der Waals surface area contributed by atoms with Crippen molar-refractivity contribution in [2.24, 2.45) is 23.5 Å². The molecule has 20 heavy (non-hydrogen) atoms. The molecule has 0 saturated heterocycles. The Balaban J connectivity index is 1.70. The van der Waals surface area contributed by atoms with Gasteiger partial charge in [-0.25, -0.2) is 0 Å². The highest BCUT2D eigenvalue weighted by atomic mass is 14.7. The highest BCUT2D eigenvalue weighted by Gasteiger charge is 2.34. The summed E-state index contributed by atoms with van der Waals surface area (Å²) in [6, 6.07) is 7.04. The molecular weight excluding hydrogens is 242 g/mol. The first-order valence-electron chi connectivity index (χ1n) is 8.48. The van der Waals surface area contributed by atoms with Crippen LogP contribution in [0.1, 0.15) is 67.7 Å². The molecule has 1 aromatic rings. The topological polar surface area (TPSA) is 26.0 Å². The molecule has 0 radical (unpaired) electrons. The molecule has 2 aliphatic rings. The van der Waals surface area contributed by atoms with Crippen molar-refractivity contribution in [3.8, 4) is 0 Å². The molecule has 0 bridgehead atoms. The van der Waals surface area contributed by atoms with Crippen molar-refractivity contribution in [1.29, 1.82) is 0 Å². The summed E-state index contributed by atoms with van der Waals surface area (Å²) in [6.45, 7) is 4.38. The number of fused-ring (bicyclic) bond motifs is 1. The Morgan fingerprint density at radius 3 is 2.45 bits per heavy atom. The summed E-state index contributed by atoms with van der Waals surface area (Å²) >= 11 is 0. The average molecular weight is 271 g/mol. The van der Waals surface area contributed by atoms with E-state index in [4.69, 9.17) is 5.73 Å². The number of benzene rings is 1. The summed E-state index contributed by atoms with van der Waals surface area (Å²) in [4.78, 5) is 0. The summed E-state index contributed by atoms with van der Waals surface area (Å²) in [5.41, 5.74) is 10.7. The zero-order valence-electron chi connectivity index (χ0n) is 13.1. The molecule has 4 atom stereocenters. The van der Waals surface area contributed by atoms with Crippen LogP contribution in [0.2, 0.25) is 0 Å². The molecule has 110 valence electrons. The summed E-state index contributed by atoms with van der Waals surface area (Å²) in [5, 5.41) is 0. The molecule has 3 rings (SSSR count). The quantitative estimate of drug-likeness (QED) is 0.812. The SMILES string of the molecule is Cc1ccc(C(N)C2CCC3CCCCC3C2)cc1C. The average Bonchev–Trinajstić information content (AvgIpc) is 2.49. The molecule has 1 aromatic carbocycles. The smallest absolute Gasteiger partial charge is 0.0323 e. The van der Waals surface area contributed by atoms with E-state index in [-0.39, 0.29) is 6.04 Å². The van der Waals surface area contributed by atoms with Gasteiger partial charge in [0.2, 0.25) is 0 Å². The second-order valence-electron chi connectivity index (χ2n) is 7.25. The zero-order chi connectivity index (χ0) is 14.1. The molecule has 0 amide bonds. The predicted octanol–water partition coefficient (Wildman–Crippen LogP) is 4.91. The first-order valence-corrected chi connectivity index (χ1v) is 8.48. The predicted molar refractivity (Wildman–Crippen MR) is 85.6 cm³/mol. The van der Waals surface area contributed by atoms with Crippen LogP contribution in [0.25, 0.3) is 0 Å². The number of nitrogens with two attached hydrogens (primary N) is 1. The van der Waals surface area contributed by atoms with Gasteiger partial charge in [0.15, 0.2) is 0 Å². The number of hydrogen-bond donors (Lipinski definition) is 1. The van der Waals surface area contributed by atoms with Crippen LogP contribution in [0, 0.1) is 31.6 Å². The van der Waals surface area contributed by atoms with Crippen molar-refractivity contribution in [3.05, 3.63) is 34.9 Å². The van der Waals surface area contributed by atoms with E-state index in [2.05, 4.69) is 32.0 Å². The van der Waals surface area contributed by atoms with Gasteiger partial charge in [-0.15, -0.1) is 0 Å². The molecule has 0 aromatic heterocycles. The standard InChI is InChI=1S/C19H29N/c1-13-7-8-17(11-14(13)2)19(20)18-10-9-15-5-3-4-6-16(15)12-18/h7-8,11,15-16,18-19H,3-6,9-10,12,20H2,1-2H3. The molecule has 0 aliphatic heterocycles. The van der Waals surface area contributed by atoms with Crippen molar-refractivity contribution in [2.45, 2.75) is 64.8 Å². The van der Waals surface area contributed by atoms with Crippen LogP contribution in [0.4, 0.5) is 0 Å². The third-order valence-corrected chi connectivity index (χ3v) is 6.00. The second kappa shape index (κ2) is 5.89. The first kappa shape index (κ1) is 14.1. The van der Waals surface area contributed by atoms with Crippen LogP contribution in [-0.2, 0) is 0 Å². The van der Waals surface area contributed by atoms with E-state index in [1.807, 2.05) is 0 Å². The second-order valence-corrected chi connectivity index (χ2v) is 7.25. The van der Waals surface area contributed by atoms with Crippen LogP contribution < -0.4 is 5.73 Å². The van der Waals surface area contributed by atoms with Gasteiger partial charge in [-0.3, -0.25) is 0 Å². The maximum absolute atomic E-state index is 6.61. The fourth-order valence-electron chi connectivity index (χ4n) is 4.48. The van der Waals surface area contributed by atoms with Gasteiger partial charge in [-0.05, 0) is 67.6 Å². The largest absolute Gasteiger partial charge is 0.324 e. The molecule has 1 heteroatoms. The lowest BCUT2D eigenvalue weighted by atomic mass is 9.65. The maximum Gasteiger partial charge on any atom is 0.0323 e. The lowest BCUT2D eigenvalue weighted by Gasteiger charge is -2.41. The fourth-order valence-corrected chi connectivity index (χ4v) is 4.48. The van der Waals surface area contributed by atoms with Gasteiger partial charge in [-0.1, -0.05) is 43.9 Å².